The molecule has 0 aliphatic carbocycles. The minimum atomic E-state index is -0.993. The normalized spacial score (nSPS) is 14.1. The quantitative estimate of drug-likeness (QED) is 0.607. The van der Waals surface area contributed by atoms with E-state index in [0.29, 0.717) is 5.75 Å². The van der Waals surface area contributed by atoms with Crippen LogP contribution in [0.25, 0.3) is 0 Å². The van der Waals surface area contributed by atoms with Gasteiger partial charge in [0.05, 0.1) is 6.61 Å². The Morgan fingerprint density at radius 2 is 2.07 bits per heavy atom. The molecule has 2 nitrogen and oxygen atoms in total. The Morgan fingerprint density at radius 1 is 1.43 bits per heavy atom. The average molecular weight is 210 g/mol. The van der Waals surface area contributed by atoms with Gasteiger partial charge in [-0.2, -0.15) is 0 Å². The van der Waals surface area contributed by atoms with E-state index in [2.05, 4.69) is 0 Å². The molecular formula is C11H14O2S. The first-order chi connectivity index (χ1) is 6.74. The predicted molar refractivity (Wildman–Crippen MR) is 58.6 cm³/mol. The number of aliphatic hydroxyl groups excluding tert-OH is 1. The monoisotopic (exact) mass is 210 g/mol. The third kappa shape index (κ3) is 3.54. The van der Waals surface area contributed by atoms with Gasteiger partial charge in [-0.05, 0) is 41.9 Å². The van der Waals surface area contributed by atoms with Gasteiger partial charge < -0.3 is 9.66 Å². The largest absolute Gasteiger partial charge is 0.611 e. The van der Waals surface area contributed by atoms with Crippen molar-refractivity contribution >= 4 is 11.2 Å². The number of hydrogen-bond donors (Lipinski definition) is 1. The SMILES string of the molecule is CC(=CC[S+]([O-])c1ccccc1)CO. The van der Waals surface area contributed by atoms with Gasteiger partial charge in [-0.15, -0.1) is 0 Å². The summed E-state index contributed by atoms with van der Waals surface area (Å²) < 4.78 is 11.6. The molecule has 0 radical (unpaired) electrons. The summed E-state index contributed by atoms with van der Waals surface area (Å²) in [6, 6.07) is 9.33. The molecule has 1 atom stereocenters. The first-order valence-corrected chi connectivity index (χ1v) is 5.76. The molecule has 1 aromatic rings. The van der Waals surface area contributed by atoms with E-state index in [9.17, 15) is 4.55 Å². The molecule has 0 aliphatic heterocycles. The van der Waals surface area contributed by atoms with Crippen molar-refractivity contribution in [3.05, 3.63) is 42.0 Å². The summed E-state index contributed by atoms with van der Waals surface area (Å²) in [6.07, 6.45) is 1.81. The smallest absolute Gasteiger partial charge is 0.152 e. The van der Waals surface area contributed by atoms with Gasteiger partial charge in [0, 0.05) is 0 Å². The number of aliphatic hydroxyl groups is 1. The highest BCUT2D eigenvalue weighted by molar-refractivity contribution is 7.91. The van der Waals surface area contributed by atoms with Crippen LogP contribution in [0.5, 0.6) is 0 Å². The first kappa shape index (κ1) is 11.3. The van der Waals surface area contributed by atoms with E-state index >= 15 is 0 Å². The Balaban J connectivity index is 2.55. The van der Waals surface area contributed by atoms with Crippen LogP contribution in [0.15, 0.2) is 46.9 Å². The van der Waals surface area contributed by atoms with Gasteiger partial charge in [0.25, 0.3) is 0 Å². The van der Waals surface area contributed by atoms with Crippen molar-refractivity contribution in [2.24, 2.45) is 0 Å². The van der Waals surface area contributed by atoms with Gasteiger partial charge in [0.15, 0.2) is 4.90 Å². The maximum atomic E-state index is 11.6. The van der Waals surface area contributed by atoms with Gasteiger partial charge in [-0.1, -0.05) is 18.2 Å². The number of hydrogen-bond acceptors (Lipinski definition) is 2. The van der Waals surface area contributed by atoms with Crippen molar-refractivity contribution < 1.29 is 9.66 Å². The summed E-state index contributed by atoms with van der Waals surface area (Å²) in [5.41, 5.74) is 0.856. The molecule has 0 spiro atoms. The fraction of sp³-hybridized carbons (Fsp3) is 0.273. The lowest BCUT2D eigenvalue weighted by Gasteiger charge is -2.07. The van der Waals surface area contributed by atoms with Crippen LogP contribution < -0.4 is 0 Å². The molecule has 76 valence electrons. The molecule has 1 unspecified atom stereocenters. The summed E-state index contributed by atoms with van der Waals surface area (Å²) in [5.74, 6) is 0.469. The fourth-order valence-corrected chi connectivity index (χ4v) is 2.04. The van der Waals surface area contributed by atoms with Gasteiger partial charge in [-0.3, -0.25) is 0 Å². The van der Waals surface area contributed by atoms with Gasteiger partial charge in [0.2, 0.25) is 0 Å². The molecular weight excluding hydrogens is 196 g/mol. The lowest BCUT2D eigenvalue weighted by Crippen LogP contribution is -2.05. The zero-order valence-electron chi connectivity index (χ0n) is 8.14. The highest BCUT2D eigenvalue weighted by atomic mass is 32.2. The molecule has 1 N–H and O–H groups in total. The Hall–Kier alpha value is -0.770. The topological polar surface area (TPSA) is 43.3 Å². The number of rotatable bonds is 4. The number of benzene rings is 1. The second-order valence-corrected chi connectivity index (χ2v) is 4.53. The van der Waals surface area contributed by atoms with Gasteiger partial charge in [-0.25, -0.2) is 0 Å². The predicted octanol–water partition coefficient (Wildman–Crippen LogP) is 1.73. The fourth-order valence-electron chi connectivity index (χ4n) is 0.951. The Bertz CT molecular complexity index is 295. The minimum absolute atomic E-state index is 0.0337. The maximum Gasteiger partial charge on any atom is 0.152 e. The van der Waals surface area contributed by atoms with Crippen LogP contribution in [-0.4, -0.2) is 22.0 Å². The summed E-state index contributed by atoms with van der Waals surface area (Å²) in [4.78, 5) is 0.828. The van der Waals surface area contributed by atoms with E-state index in [4.69, 9.17) is 5.11 Å². The maximum absolute atomic E-state index is 11.6. The standard InChI is InChI=1S/C11H14O2S/c1-10(9-12)7-8-14(13)11-5-3-2-4-6-11/h2-7,12H,8-9H2,1H3. The van der Waals surface area contributed by atoms with Crippen LogP contribution in [0, 0.1) is 0 Å². The lowest BCUT2D eigenvalue weighted by molar-refractivity contribution is 0.331. The highest BCUT2D eigenvalue weighted by Gasteiger charge is 2.06. The molecule has 0 saturated heterocycles. The van der Waals surface area contributed by atoms with Crippen molar-refractivity contribution in [2.45, 2.75) is 11.8 Å². The molecule has 0 bridgehead atoms. The summed E-state index contributed by atoms with van der Waals surface area (Å²) in [5, 5.41) is 8.75. The molecule has 0 amide bonds. The van der Waals surface area contributed by atoms with E-state index < -0.39 is 11.2 Å². The van der Waals surface area contributed by atoms with Crippen LogP contribution in [0.2, 0.25) is 0 Å². The van der Waals surface area contributed by atoms with Crippen LogP contribution in [0.1, 0.15) is 6.92 Å². The van der Waals surface area contributed by atoms with Crippen LogP contribution >= 0.6 is 0 Å². The molecule has 0 heterocycles. The zero-order valence-corrected chi connectivity index (χ0v) is 8.96. The molecule has 0 fully saturated rings. The molecule has 3 heteroatoms. The molecule has 1 aromatic carbocycles. The van der Waals surface area contributed by atoms with E-state index in [1.54, 1.807) is 0 Å². The van der Waals surface area contributed by atoms with E-state index in [-0.39, 0.29) is 6.61 Å². The van der Waals surface area contributed by atoms with Crippen LogP contribution in [0.3, 0.4) is 0 Å². The summed E-state index contributed by atoms with van der Waals surface area (Å²) in [7, 11) is 0. The van der Waals surface area contributed by atoms with E-state index in [1.807, 2.05) is 43.3 Å². The minimum Gasteiger partial charge on any atom is -0.611 e. The Kier molecular flexibility index (Phi) is 4.73. The highest BCUT2D eigenvalue weighted by Crippen LogP contribution is 2.10. The van der Waals surface area contributed by atoms with E-state index in [1.165, 1.54) is 0 Å². The molecule has 0 aliphatic rings. The molecule has 0 saturated carbocycles. The van der Waals surface area contributed by atoms with Crippen LogP contribution in [0.4, 0.5) is 0 Å². The van der Waals surface area contributed by atoms with Crippen molar-refractivity contribution in [1.29, 1.82) is 0 Å². The van der Waals surface area contributed by atoms with Crippen LogP contribution in [-0.2, 0) is 11.2 Å². The average Bonchev–Trinajstić information content (AvgIpc) is 2.26. The van der Waals surface area contributed by atoms with Crippen molar-refractivity contribution in [3.63, 3.8) is 0 Å². The third-order valence-electron chi connectivity index (χ3n) is 1.84. The van der Waals surface area contributed by atoms with Gasteiger partial charge >= 0.3 is 0 Å². The summed E-state index contributed by atoms with van der Waals surface area (Å²) >= 11 is -0.993. The summed E-state index contributed by atoms with van der Waals surface area (Å²) in [6.45, 7) is 1.86. The van der Waals surface area contributed by atoms with E-state index in [0.717, 1.165) is 10.5 Å². The van der Waals surface area contributed by atoms with Crippen molar-refractivity contribution in [1.82, 2.24) is 0 Å². The van der Waals surface area contributed by atoms with Gasteiger partial charge in [0.1, 0.15) is 5.75 Å². The third-order valence-corrected chi connectivity index (χ3v) is 3.11. The van der Waals surface area contributed by atoms with Crippen molar-refractivity contribution in [2.75, 3.05) is 12.4 Å². The first-order valence-electron chi connectivity index (χ1n) is 4.44. The Morgan fingerprint density at radius 3 is 2.64 bits per heavy atom. The zero-order chi connectivity index (χ0) is 10.4. The van der Waals surface area contributed by atoms with Crippen molar-refractivity contribution in [3.8, 4) is 0 Å². The molecule has 0 aromatic heterocycles. The lowest BCUT2D eigenvalue weighted by atomic mass is 10.3. The Labute approximate surface area is 87.5 Å². The molecule has 14 heavy (non-hydrogen) atoms. The second-order valence-electron chi connectivity index (χ2n) is 3.03. The molecule has 1 rings (SSSR count). The second kappa shape index (κ2) is 5.86.